The summed E-state index contributed by atoms with van der Waals surface area (Å²) in [5.41, 5.74) is 2.35. The molecule has 0 aromatic heterocycles. The number of carbonyl (C=O) groups is 1. The molecule has 0 atom stereocenters. The maximum absolute atomic E-state index is 13.2. The Hall–Kier alpha value is -2.87. The molecule has 0 saturated heterocycles. The number of anilines is 1. The van der Waals surface area contributed by atoms with E-state index in [4.69, 9.17) is 10.4 Å². The van der Waals surface area contributed by atoms with Crippen LogP contribution in [0.1, 0.15) is 16.7 Å². The third kappa shape index (κ3) is 4.05. The van der Waals surface area contributed by atoms with Gasteiger partial charge in [0, 0.05) is 12.2 Å². The molecule has 0 aliphatic carbocycles. The van der Waals surface area contributed by atoms with Crippen LogP contribution in [-0.2, 0) is 17.8 Å². The molecule has 5 heteroatoms. The molecule has 21 heavy (non-hydrogen) atoms. The van der Waals surface area contributed by atoms with Crippen molar-refractivity contribution in [2.24, 2.45) is 0 Å². The Morgan fingerprint density at radius 1 is 1.19 bits per heavy atom. The average Bonchev–Trinajstić information content (AvgIpc) is 2.47. The fraction of sp³-hybridized carbons (Fsp3) is 0.125. The fourth-order valence-corrected chi connectivity index (χ4v) is 1.87. The van der Waals surface area contributed by atoms with Crippen LogP contribution < -0.4 is 5.32 Å². The number of aliphatic carboxylic acids is 1. The van der Waals surface area contributed by atoms with E-state index in [0.717, 1.165) is 11.1 Å². The van der Waals surface area contributed by atoms with E-state index in [2.05, 4.69) is 5.32 Å². The van der Waals surface area contributed by atoms with E-state index in [-0.39, 0.29) is 12.0 Å². The molecule has 2 rings (SSSR count). The lowest BCUT2D eigenvalue weighted by molar-refractivity contribution is -0.136. The van der Waals surface area contributed by atoms with Gasteiger partial charge >= 0.3 is 5.97 Å². The number of hydrogen-bond donors (Lipinski definition) is 2. The first-order chi connectivity index (χ1) is 10.1. The number of benzene rings is 2. The minimum atomic E-state index is -0.865. The number of rotatable bonds is 5. The van der Waals surface area contributed by atoms with E-state index in [1.165, 1.54) is 12.1 Å². The first-order valence-corrected chi connectivity index (χ1v) is 6.31. The van der Waals surface area contributed by atoms with Crippen molar-refractivity contribution in [2.75, 3.05) is 5.32 Å². The zero-order valence-corrected chi connectivity index (χ0v) is 11.1. The monoisotopic (exact) mass is 284 g/mol. The maximum Gasteiger partial charge on any atom is 0.307 e. The number of halogens is 1. The summed E-state index contributed by atoms with van der Waals surface area (Å²) in [7, 11) is 0. The highest BCUT2D eigenvalue weighted by Gasteiger charge is 2.03. The third-order valence-electron chi connectivity index (χ3n) is 2.96. The second-order valence-electron chi connectivity index (χ2n) is 4.55. The normalized spacial score (nSPS) is 9.90. The molecule has 2 aromatic carbocycles. The summed E-state index contributed by atoms with van der Waals surface area (Å²) in [5.74, 6) is -1.41. The van der Waals surface area contributed by atoms with Crippen molar-refractivity contribution in [1.29, 1.82) is 5.26 Å². The van der Waals surface area contributed by atoms with Crippen LogP contribution in [0.2, 0.25) is 0 Å². The van der Waals surface area contributed by atoms with Gasteiger partial charge in [-0.3, -0.25) is 4.79 Å². The highest BCUT2D eigenvalue weighted by molar-refractivity contribution is 5.70. The van der Waals surface area contributed by atoms with Gasteiger partial charge in [-0.1, -0.05) is 24.3 Å². The molecule has 0 spiro atoms. The lowest BCUT2D eigenvalue weighted by Crippen LogP contribution is -2.02. The van der Waals surface area contributed by atoms with Crippen LogP contribution in [0, 0.1) is 17.1 Å². The van der Waals surface area contributed by atoms with E-state index in [1.54, 1.807) is 24.3 Å². The molecule has 0 aliphatic rings. The molecule has 0 bridgehead atoms. The summed E-state index contributed by atoms with van der Waals surface area (Å²) in [4.78, 5) is 10.6. The highest BCUT2D eigenvalue weighted by Crippen LogP contribution is 2.15. The molecular weight excluding hydrogens is 271 g/mol. The highest BCUT2D eigenvalue weighted by atomic mass is 19.1. The van der Waals surface area contributed by atoms with Crippen molar-refractivity contribution in [3.05, 3.63) is 65.0 Å². The molecule has 0 heterocycles. The van der Waals surface area contributed by atoms with Gasteiger partial charge in [0.15, 0.2) is 0 Å². The molecule has 0 saturated carbocycles. The van der Waals surface area contributed by atoms with Crippen LogP contribution in [0.5, 0.6) is 0 Å². The Kier molecular flexibility index (Phi) is 4.52. The summed E-state index contributed by atoms with van der Waals surface area (Å²) in [6.07, 6.45) is -0.00278. The van der Waals surface area contributed by atoms with Crippen molar-refractivity contribution in [3.8, 4) is 6.07 Å². The smallest absolute Gasteiger partial charge is 0.307 e. The van der Waals surface area contributed by atoms with Gasteiger partial charge < -0.3 is 10.4 Å². The summed E-state index contributed by atoms with van der Waals surface area (Å²) in [5, 5.41) is 20.5. The quantitative estimate of drug-likeness (QED) is 0.885. The number of hydrogen-bond acceptors (Lipinski definition) is 3. The first-order valence-electron chi connectivity index (χ1n) is 6.31. The van der Waals surface area contributed by atoms with Crippen molar-refractivity contribution in [1.82, 2.24) is 0 Å². The van der Waals surface area contributed by atoms with E-state index >= 15 is 0 Å². The molecular formula is C16H13FN2O2. The molecule has 0 fully saturated rings. The Morgan fingerprint density at radius 2 is 1.86 bits per heavy atom. The standard InChI is InChI=1S/C16H13FN2O2/c17-15-6-5-14(8-13(15)9-18)19-10-12-3-1-11(2-4-12)7-16(20)21/h1-6,8,19H,7,10H2,(H,20,21). The van der Waals surface area contributed by atoms with Gasteiger partial charge in [0.1, 0.15) is 11.9 Å². The Bertz CT molecular complexity index is 690. The van der Waals surface area contributed by atoms with Crippen LogP contribution in [0.3, 0.4) is 0 Å². The van der Waals surface area contributed by atoms with Gasteiger partial charge in [0.05, 0.1) is 12.0 Å². The predicted octanol–water partition coefficient (Wildman–Crippen LogP) is 2.94. The van der Waals surface area contributed by atoms with Crippen LogP contribution >= 0.6 is 0 Å². The van der Waals surface area contributed by atoms with E-state index in [1.807, 2.05) is 12.1 Å². The van der Waals surface area contributed by atoms with E-state index in [9.17, 15) is 9.18 Å². The van der Waals surface area contributed by atoms with Crippen molar-refractivity contribution in [2.45, 2.75) is 13.0 Å². The number of nitriles is 1. The number of nitrogens with zero attached hydrogens (tertiary/aromatic N) is 1. The molecule has 106 valence electrons. The second kappa shape index (κ2) is 6.53. The molecule has 0 radical (unpaired) electrons. The zero-order chi connectivity index (χ0) is 15.2. The van der Waals surface area contributed by atoms with Gasteiger partial charge in [-0.25, -0.2) is 4.39 Å². The summed E-state index contributed by atoms with van der Waals surface area (Å²) >= 11 is 0. The van der Waals surface area contributed by atoms with E-state index < -0.39 is 11.8 Å². The van der Waals surface area contributed by atoms with Gasteiger partial charge in [-0.05, 0) is 29.3 Å². The SMILES string of the molecule is N#Cc1cc(NCc2ccc(CC(=O)O)cc2)ccc1F. The topological polar surface area (TPSA) is 73.1 Å². The minimum absolute atomic E-state index is 0.00278. The third-order valence-corrected chi connectivity index (χ3v) is 2.96. The minimum Gasteiger partial charge on any atom is -0.481 e. The second-order valence-corrected chi connectivity index (χ2v) is 4.55. The Balaban J connectivity index is 2.00. The lowest BCUT2D eigenvalue weighted by atomic mass is 10.1. The van der Waals surface area contributed by atoms with E-state index in [0.29, 0.717) is 12.2 Å². The van der Waals surface area contributed by atoms with Crippen LogP contribution in [-0.4, -0.2) is 11.1 Å². The molecule has 4 nitrogen and oxygen atoms in total. The zero-order valence-electron chi connectivity index (χ0n) is 11.1. The summed E-state index contributed by atoms with van der Waals surface area (Å²) < 4.78 is 13.2. The summed E-state index contributed by atoms with van der Waals surface area (Å²) in [6, 6.07) is 13.2. The predicted molar refractivity (Wildman–Crippen MR) is 76.2 cm³/mol. The Morgan fingerprint density at radius 3 is 2.48 bits per heavy atom. The lowest BCUT2D eigenvalue weighted by Gasteiger charge is -2.08. The summed E-state index contributed by atoms with van der Waals surface area (Å²) in [6.45, 7) is 0.504. The van der Waals surface area contributed by atoms with Gasteiger partial charge in [-0.2, -0.15) is 5.26 Å². The molecule has 0 amide bonds. The number of carboxylic acids is 1. The molecule has 0 unspecified atom stereocenters. The van der Waals surface area contributed by atoms with Gasteiger partial charge in [0.25, 0.3) is 0 Å². The molecule has 0 aliphatic heterocycles. The molecule has 2 aromatic rings. The number of carboxylic acid groups (broad SMARTS) is 1. The van der Waals surface area contributed by atoms with Crippen molar-refractivity contribution in [3.63, 3.8) is 0 Å². The fourth-order valence-electron chi connectivity index (χ4n) is 1.87. The van der Waals surface area contributed by atoms with Crippen LogP contribution in [0.15, 0.2) is 42.5 Å². The van der Waals surface area contributed by atoms with Crippen molar-refractivity contribution < 1.29 is 14.3 Å². The first kappa shape index (κ1) is 14.5. The van der Waals surface area contributed by atoms with Crippen LogP contribution in [0.4, 0.5) is 10.1 Å². The van der Waals surface area contributed by atoms with Gasteiger partial charge in [-0.15, -0.1) is 0 Å². The average molecular weight is 284 g/mol. The largest absolute Gasteiger partial charge is 0.481 e. The van der Waals surface area contributed by atoms with Gasteiger partial charge in [0.2, 0.25) is 0 Å². The molecule has 2 N–H and O–H groups in total. The van der Waals surface area contributed by atoms with Crippen molar-refractivity contribution >= 4 is 11.7 Å². The van der Waals surface area contributed by atoms with Crippen LogP contribution in [0.25, 0.3) is 0 Å². The maximum atomic E-state index is 13.2. The Labute approximate surface area is 121 Å². The number of nitrogens with one attached hydrogen (secondary N) is 1.